The number of ketones is 1. The van der Waals surface area contributed by atoms with Crippen molar-refractivity contribution in [2.45, 2.75) is 38.3 Å². The van der Waals surface area contributed by atoms with Crippen LogP contribution in [0.25, 0.3) is 0 Å². The van der Waals surface area contributed by atoms with Crippen molar-refractivity contribution in [3.63, 3.8) is 0 Å². The lowest BCUT2D eigenvalue weighted by molar-refractivity contribution is -0.117. The Kier molecular flexibility index (Phi) is 5.28. The summed E-state index contributed by atoms with van der Waals surface area (Å²) < 4.78 is 13.9. The normalized spacial score (nSPS) is 10.9. The number of hydrogen-bond acceptors (Lipinski definition) is 1. The van der Waals surface area contributed by atoms with Crippen molar-refractivity contribution in [1.82, 2.24) is 0 Å². The molecule has 1 nitrogen and oxygen atoms in total. The fourth-order valence-electron chi connectivity index (χ4n) is 1.20. The lowest BCUT2D eigenvalue weighted by Crippen LogP contribution is -2.22. The molecule has 0 fully saturated rings. The van der Waals surface area contributed by atoms with Crippen LogP contribution in [0.3, 0.4) is 0 Å². The maximum atomic E-state index is 13.9. The number of rotatable bonds is 7. The molecule has 0 aliphatic carbocycles. The van der Waals surface area contributed by atoms with Crippen LogP contribution in [0.2, 0.25) is 0 Å². The van der Waals surface area contributed by atoms with Gasteiger partial charge in [0.25, 0.3) is 0 Å². The average Bonchev–Trinajstić information content (AvgIpc) is 2.02. The highest BCUT2D eigenvalue weighted by atomic mass is 19.1. The molecule has 0 aliphatic rings. The zero-order valence-electron chi connectivity index (χ0n) is 8.18. The Morgan fingerprint density at radius 2 is 1.85 bits per heavy atom. The Morgan fingerprint density at radius 1 is 1.38 bits per heavy atom. The van der Waals surface area contributed by atoms with Crippen LogP contribution in [0.5, 0.6) is 0 Å². The SMILES string of the molecule is C=CCC(F)(CC=C)CCC(C)=O. The molecule has 0 spiro atoms. The van der Waals surface area contributed by atoms with E-state index >= 15 is 0 Å². The molecule has 74 valence electrons. The summed E-state index contributed by atoms with van der Waals surface area (Å²) in [7, 11) is 0. The molecule has 0 aromatic carbocycles. The van der Waals surface area contributed by atoms with Gasteiger partial charge >= 0.3 is 0 Å². The summed E-state index contributed by atoms with van der Waals surface area (Å²) in [6, 6.07) is 0. The quantitative estimate of drug-likeness (QED) is 0.555. The third-order valence-corrected chi connectivity index (χ3v) is 1.95. The Labute approximate surface area is 79.3 Å². The van der Waals surface area contributed by atoms with Gasteiger partial charge < -0.3 is 4.79 Å². The van der Waals surface area contributed by atoms with Gasteiger partial charge in [0.1, 0.15) is 11.5 Å². The van der Waals surface area contributed by atoms with Crippen molar-refractivity contribution in [2.24, 2.45) is 0 Å². The van der Waals surface area contributed by atoms with E-state index in [-0.39, 0.29) is 31.5 Å². The molecule has 0 heterocycles. The Bertz CT molecular complexity index is 186. The summed E-state index contributed by atoms with van der Waals surface area (Å²) in [5.41, 5.74) is -1.32. The van der Waals surface area contributed by atoms with E-state index < -0.39 is 5.67 Å². The van der Waals surface area contributed by atoms with Gasteiger partial charge in [0.2, 0.25) is 0 Å². The Hall–Kier alpha value is -0.920. The van der Waals surface area contributed by atoms with Gasteiger partial charge in [0, 0.05) is 6.42 Å². The van der Waals surface area contributed by atoms with E-state index in [0.29, 0.717) is 0 Å². The highest BCUT2D eigenvalue weighted by Crippen LogP contribution is 2.27. The number of Topliss-reactive ketones (excluding diaryl/α,β-unsaturated/α-hetero) is 1. The second-order valence-corrected chi connectivity index (χ2v) is 3.34. The average molecular weight is 184 g/mol. The summed E-state index contributed by atoms with van der Waals surface area (Å²) in [5, 5.41) is 0. The number of carbonyl (C=O) groups is 1. The molecule has 0 N–H and O–H groups in total. The molecular weight excluding hydrogens is 167 g/mol. The summed E-state index contributed by atoms with van der Waals surface area (Å²) in [5.74, 6) is 0.0233. The topological polar surface area (TPSA) is 17.1 Å². The van der Waals surface area contributed by atoms with Crippen LogP contribution in [0.1, 0.15) is 32.6 Å². The molecule has 0 saturated heterocycles. The largest absolute Gasteiger partial charge is 0.300 e. The Balaban J connectivity index is 4.12. The lowest BCUT2D eigenvalue weighted by atomic mass is 9.91. The highest BCUT2D eigenvalue weighted by molar-refractivity contribution is 5.75. The van der Waals surface area contributed by atoms with Crippen molar-refractivity contribution in [3.8, 4) is 0 Å². The second-order valence-electron chi connectivity index (χ2n) is 3.34. The van der Waals surface area contributed by atoms with Gasteiger partial charge in [-0.25, -0.2) is 4.39 Å². The van der Waals surface area contributed by atoms with Crippen LogP contribution < -0.4 is 0 Å². The maximum absolute atomic E-state index is 13.9. The summed E-state index contributed by atoms with van der Waals surface area (Å²) in [6.45, 7) is 8.47. The van der Waals surface area contributed by atoms with E-state index in [0.717, 1.165) is 0 Å². The zero-order chi connectivity index (χ0) is 10.3. The molecule has 0 bridgehead atoms. The minimum Gasteiger partial charge on any atom is -0.300 e. The fraction of sp³-hybridized carbons (Fsp3) is 0.545. The molecule has 0 unspecified atom stereocenters. The molecule has 0 aliphatic heterocycles. The van der Waals surface area contributed by atoms with Crippen molar-refractivity contribution < 1.29 is 9.18 Å². The number of allylic oxidation sites excluding steroid dienone is 2. The Morgan fingerprint density at radius 3 is 2.15 bits per heavy atom. The molecule has 0 amide bonds. The van der Waals surface area contributed by atoms with Crippen LogP contribution in [-0.4, -0.2) is 11.5 Å². The standard InChI is InChI=1S/C11H17FO/c1-4-7-11(12,8-5-2)9-6-10(3)13/h4-5H,1-2,6-9H2,3H3. The third kappa shape index (κ3) is 5.34. The molecule has 0 aromatic rings. The summed E-state index contributed by atoms with van der Waals surface area (Å²) >= 11 is 0. The van der Waals surface area contributed by atoms with Crippen LogP contribution in [0.15, 0.2) is 25.3 Å². The second kappa shape index (κ2) is 5.68. The van der Waals surface area contributed by atoms with E-state index in [1.54, 1.807) is 12.2 Å². The van der Waals surface area contributed by atoms with E-state index in [4.69, 9.17) is 0 Å². The van der Waals surface area contributed by atoms with Gasteiger partial charge in [-0.2, -0.15) is 0 Å². The first-order valence-electron chi connectivity index (χ1n) is 4.44. The first-order chi connectivity index (χ1) is 6.04. The summed E-state index contributed by atoms with van der Waals surface area (Å²) in [6.07, 6.45) is 4.21. The van der Waals surface area contributed by atoms with E-state index in [2.05, 4.69) is 13.2 Å². The van der Waals surface area contributed by atoms with Gasteiger partial charge in [-0.15, -0.1) is 13.2 Å². The minimum atomic E-state index is -1.32. The van der Waals surface area contributed by atoms with Crippen LogP contribution in [0.4, 0.5) is 4.39 Å². The number of carbonyl (C=O) groups excluding carboxylic acids is 1. The molecule has 0 radical (unpaired) electrons. The highest BCUT2D eigenvalue weighted by Gasteiger charge is 2.26. The maximum Gasteiger partial charge on any atom is 0.129 e. The summed E-state index contributed by atoms with van der Waals surface area (Å²) in [4.78, 5) is 10.7. The fourth-order valence-corrected chi connectivity index (χ4v) is 1.20. The zero-order valence-corrected chi connectivity index (χ0v) is 8.18. The number of halogens is 1. The van der Waals surface area contributed by atoms with E-state index in [1.807, 2.05) is 0 Å². The molecule has 0 atom stereocenters. The predicted molar refractivity (Wildman–Crippen MR) is 53.4 cm³/mol. The van der Waals surface area contributed by atoms with Crippen molar-refractivity contribution >= 4 is 5.78 Å². The van der Waals surface area contributed by atoms with Gasteiger partial charge in [-0.3, -0.25) is 0 Å². The van der Waals surface area contributed by atoms with Gasteiger partial charge in [0.05, 0.1) is 0 Å². The lowest BCUT2D eigenvalue weighted by Gasteiger charge is -2.21. The molecule has 0 saturated carbocycles. The predicted octanol–water partition coefficient (Wildman–Crippen LogP) is 3.22. The molecule has 2 heteroatoms. The first-order valence-corrected chi connectivity index (χ1v) is 4.44. The van der Waals surface area contributed by atoms with Crippen molar-refractivity contribution in [1.29, 1.82) is 0 Å². The monoisotopic (exact) mass is 184 g/mol. The van der Waals surface area contributed by atoms with Gasteiger partial charge in [-0.1, -0.05) is 12.2 Å². The van der Waals surface area contributed by atoms with Crippen LogP contribution in [0, 0.1) is 0 Å². The van der Waals surface area contributed by atoms with Crippen LogP contribution in [-0.2, 0) is 4.79 Å². The van der Waals surface area contributed by atoms with E-state index in [1.165, 1.54) is 6.92 Å². The van der Waals surface area contributed by atoms with Gasteiger partial charge in [0.15, 0.2) is 0 Å². The van der Waals surface area contributed by atoms with Crippen molar-refractivity contribution in [3.05, 3.63) is 25.3 Å². The number of hydrogen-bond donors (Lipinski definition) is 0. The van der Waals surface area contributed by atoms with E-state index in [9.17, 15) is 9.18 Å². The van der Waals surface area contributed by atoms with Crippen LogP contribution >= 0.6 is 0 Å². The molecule has 13 heavy (non-hydrogen) atoms. The minimum absolute atomic E-state index is 0.0233. The molecule has 0 rings (SSSR count). The number of alkyl halides is 1. The smallest absolute Gasteiger partial charge is 0.129 e. The van der Waals surface area contributed by atoms with Gasteiger partial charge in [-0.05, 0) is 26.2 Å². The first kappa shape index (κ1) is 12.1. The molecule has 0 aromatic heterocycles. The molecular formula is C11H17FO. The third-order valence-electron chi connectivity index (χ3n) is 1.95. The van der Waals surface area contributed by atoms with Crippen molar-refractivity contribution in [2.75, 3.05) is 0 Å².